The van der Waals surface area contributed by atoms with Crippen LogP contribution in [0.3, 0.4) is 0 Å². The number of hydrogen-bond donors (Lipinski definition) is 1. The van der Waals surface area contributed by atoms with Crippen molar-refractivity contribution in [1.29, 1.82) is 0 Å². The van der Waals surface area contributed by atoms with E-state index in [4.69, 9.17) is 17.3 Å². The molecule has 0 aliphatic carbocycles. The first-order valence-electron chi connectivity index (χ1n) is 7.05. The van der Waals surface area contributed by atoms with Crippen LogP contribution in [-0.2, 0) is 0 Å². The number of anilines is 1. The lowest BCUT2D eigenvalue weighted by molar-refractivity contribution is 0.907. The number of fused-ring (bicyclic) bond motifs is 1. The lowest BCUT2D eigenvalue weighted by Crippen LogP contribution is -2.05. The maximum absolute atomic E-state index is 6.25. The molecular formula is C17H12ClN5. The summed E-state index contributed by atoms with van der Waals surface area (Å²) in [7, 11) is 0. The molecule has 0 unspecified atom stereocenters. The van der Waals surface area contributed by atoms with Crippen LogP contribution in [0.5, 0.6) is 0 Å². The maximum Gasteiger partial charge on any atom is 0.187 e. The van der Waals surface area contributed by atoms with Gasteiger partial charge < -0.3 is 5.73 Å². The van der Waals surface area contributed by atoms with E-state index in [-0.39, 0.29) is 0 Å². The number of benzene rings is 2. The lowest BCUT2D eigenvalue weighted by Gasteiger charge is -2.06. The molecule has 4 rings (SSSR count). The average Bonchev–Trinajstić information content (AvgIpc) is 3.02. The van der Waals surface area contributed by atoms with E-state index in [0.29, 0.717) is 22.2 Å². The Labute approximate surface area is 137 Å². The van der Waals surface area contributed by atoms with E-state index in [1.807, 2.05) is 42.5 Å². The van der Waals surface area contributed by atoms with E-state index in [1.54, 1.807) is 22.8 Å². The highest BCUT2D eigenvalue weighted by Gasteiger charge is 2.14. The zero-order valence-electron chi connectivity index (χ0n) is 12.0. The van der Waals surface area contributed by atoms with Crippen LogP contribution >= 0.6 is 11.6 Å². The summed E-state index contributed by atoms with van der Waals surface area (Å²) in [6, 6.07) is 17.2. The van der Waals surface area contributed by atoms with Gasteiger partial charge in [-0.3, -0.25) is 0 Å². The summed E-state index contributed by atoms with van der Waals surface area (Å²) in [4.78, 5) is 0. The minimum atomic E-state index is 0.444. The summed E-state index contributed by atoms with van der Waals surface area (Å²) < 4.78 is 1.61. The zero-order chi connectivity index (χ0) is 15.8. The minimum Gasteiger partial charge on any atom is -0.382 e. The predicted octanol–water partition coefficient (Wildman–Crippen LogP) is 3.69. The molecule has 0 saturated heterocycles. The SMILES string of the molecule is Nc1c(-c2ccc(Cl)cc2)nnc2c(-c3ccccc3)cnn12. The van der Waals surface area contributed by atoms with E-state index in [9.17, 15) is 0 Å². The molecular weight excluding hydrogens is 310 g/mol. The molecule has 0 aliphatic rings. The number of hydrogen-bond acceptors (Lipinski definition) is 4. The van der Waals surface area contributed by atoms with Gasteiger partial charge in [0.2, 0.25) is 0 Å². The van der Waals surface area contributed by atoms with Gasteiger partial charge in [-0.15, -0.1) is 10.2 Å². The average molecular weight is 322 g/mol. The predicted molar refractivity (Wildman–Crippen MR) is 91.1 cm³/mol. The molecule has 2 N–H and O–H groups in total. The Bertz CT molecular complexity index is 977. The molecule has 2 aromatic carbocycles. The summed E-state index contributed by atoms with van der Waals surface area (Å²) in [6.45, 7) is 0. The molecule has 23 heavy (non-hydrogen) atoms. The van der Waals surface area contributed by atoms with E-state index in [1.165, 1.54) is 0 Å². The number of nitrogens with two attached hydrogens (primary N) is 1. The summed E-state index contributed by atoms with van der Waals surface area (Å²) >= 11 is 5.92. The van der Waals surface area contributed by atoms with Gasteiger partial charge in [-0.1, -0.05) is 54.1 Å². The van der Waals surface area contributed by atoms with Gasteiger partial charge in [-0.25, -0.2) is 0 Å². The Balaban J connectivity index is 1.89. The molecule has 5 nitrogen and oxygen atoms in total. The van der Waals surface area contributed by atoms with Crippen molar-refractivity contribution in [2.75, 3.05) is 5.73 Å². The topological polar surface area (TPSA) is 69.1 Å². The van der Waals surface area contributed by atoms with Crippen LogP contribution in [0.4, 0.5) is 5.82 Å². The molecule has 2 aromatic heterocycles. The fraction of sp³-hybridized carbons (Fsp3) is 0. The van der Waals surface area contributed by atoms with E-state index in [0.717, 1.165) is 16.7 Å². The van der Waals surface area contributed by atoms with Crippen LogP contribution in [0.15, 0.2) is 60.8 Å². The van der Waals surface area contributed by atoms with E-state index >= 15 is 0 Å². The van der Waals surface area contributed by atoms with Gasteiger partial charge in [0.15, 0.2) is 11.5 Å². The van der Waals surface area contributed by atoms with Crippen molar-refractivity contribution in [1.82, 2.24) is 19.8 Å². The third-order valence-electron chi connectivity index (χ3n) is 3.66. The molecule has 0 spiro atoms. The lowest BCUT2D eigenvalue weighted by atomic mass is 10.1. The molecule has 0 bridgehead atoms. The fourth-order valence-corrected chi connectivity index (χ4v) is 2.62. The van der Waals surface area contributed by atoms with Crippen molar-refractivity contribution < 1.29 is 0 Å². The van der Waals surface area contributed by atoms with Crippen molar-refractivity contribution in [3.8, 4) is 22.4 Å². The van der Waals surface area contributed by atoms with Gasteiger partial charge in [0.1, 0.15) is 5.69 Å². The normalized spacial score (nSPS) is 11.0. The molecule has 112 valence electrons. The zero-order valence-corrected chi connectivity index (χ0v) is 12.8. The first-order chi connectivity index (χ1) is 11.2. The maximum atomic E-state index is 6.25. The summed E-state index contributed by atoms with van der Waals surface area (Å²) in [5.74, 6) is 0.444. The Morgan fingerprint density at radius 1 is 0.870 bits per heavy atom. The van der Waals surface area contributed by atoms with Gasteiger partial charge in [0, 0.05) is 16.1 Å². The van der Waals surface area contributed by atoms with E-state index < -0.39 is 0 Å². The monoisotopic (exact) mass is 321 g/mol. The summed E-state index contributed by atoms with van der Waals surface area (Å²) in [5, 5.41) is 13.6. The Morgan fingerprint density at radius 2 is 1.61 bits per heavy atom. The highest BCUT2D eigenvalue weighted by atomic mass is 35.5. The van der Waals surface area contributed by atoms with Gasteiger partial charge >= 0.3 is 0 Å². The molecule has 0 radical (unpaired) electrons. The van der Waals surface area contributed by atoms with Crippen LogP contribution in [0, 0.1) is 0 Å². The molecule has 0 atom stereocenters. The number of aromatic nitrogens is 4. The second-order valence-corrected chi connectivity index (χ2v) is 5.54. The van der Waals surface area contributed by atoms with Gasteiger partial charge in [0.25, 0.3) is 0 Å². The Kier molecular flexibility index (Phi) is 3.20. The summed E-state index contributed by atoms with van der Waals surface area (Å²) in [5.41, 5.74) is 10.2. The van der Waals surface area contributed by atoms with Crippen molar-refractivity contribution in [3.63, 3.8) is 0 Å². The largest absolute Gasteiger partial charge is 0.382 e. The highest BCUT2D eigenvalue weighted by molar-refractivity contribution is 6.30. The van der Waals surface area contributed by atoms with Crippen molar-refractivity contribution in [2.45, 2.75) is 0 Å². The number of halogens is 1. The van der Waals surface area contributed by atoms with Crippen LogP contribution < -0.4 is 5.73 Å². The molecule has 0 saturated carbocycles. The second kappa shape index (κ2) is 5.37. The summed E-state index contributed by atoms with van der Waals surface area (Å²) in [6.07, 6.45) is 1.75. The van der Waals surface area contributed by atoms with Gasteiger partial charge in [-0.05, 0) is 17.7 Å². The molecule has 0 amide bonds. The standard InChI is InChI=1S/C17H12ClN5/c18-13-8-6-12(7-9-13)15-16(19)23-17(22-21-15)14(10-20-23)11-4-2-1-3-5-11/h1-10H,19H2. The number of nitrogens with zero attached hydrogens (tertiary/aromatic N) is 4. The van der Waals surface area contributed by atoms with Crippen molar-refractivity contribution >= 4 is 23.1 Å². The Hall–Kier alpha value is -2.92. The van der Waals surface area contributed by atoms with Crippen LogP contribution in [0.1, 0.15) is 0 Å². The first-order valence-corrected chi connectivity index (χ1v) is 7.43. The number of nitrogen functional groups attached to an aromatic ring is 1. The minimum absolute atomic E-state index is 0.444. The van der Waals surface area contributed by atoms with Crippen molar-refractivity contribution in [3.05, 3.63) is 65.8 Å². The molecule has 4 aromatic rings. The van der Waals surface area contributed by atoms with Crippen LogP contribution in [0.25, 0.3) is 28.0 Å². The second-order valence-electron chi connectivity index (χ2n) is 5.10. The van der Waals surface area contributed by atoms with Crippen LogP contribution in [0.2, 0.25) is 5.02 Å². The first kappa shape index (κ1) is 13.7. The Morgan fingerprint density at radius 3 is 2.35 bits per heavy atom. The third-order valence-corrected chi connectivity index (χ3v) is 3.91. The smallest absolute Gasteiger partial charge is 0.187 e. The molecule has 0 fully saturated rings. The van der Waals surface area contributed by atoms with Crippen molar-refractivity contribution in [2.24, 2.45) is 0 Å². The molecule has 0 aliphatic heterocycles. The van der Waals surface area contributed by atoms with E-state index in [2.05, 4.69) is 15.3 Å². The molecule has 2 heterocycles. The van der Waals surface area contributed by atoms with Gasteiger partial charge in [0.05, 0.1) is 6.20 Å². The molecule has 6 heteroatoms. The fourth-order valence-electron chi connectivity index (χ4n) is 2.50. The van der Waals surface area contributed by atoms with Crippen LogP contribution in [-0.4, -0.2) is 19.8 Å². The quantitative estimate of drug-likeness (QED) is 0.611. The number of rotatable bonds is 2. The third kappa shape index (κ3) is 2.31. The van der Waals surface area contributed by atoms with Gasteiger partial charge in [-0.2, -0.15) is 9.61 Å². The highest BCUT2D eigenvalue weighted by Crippen LogP contribution is 2.28.